The largest absolute Gasteiger partial charge is 0.497 e. The number of piperidine rings is 1. The lowest BCUT2D eigenvalue weighted by Gasteiger charge is -2.32. The van der Waals surface area contributed by atoms with Crippen LogP contribution in [0, 0.1) is 5.92 Å². The third-order valence-electron chi connectivity index (χ3n) is 5.26. The number of ether oxygens (including phenoxy) is 2. The summed E-state index contributed by atoms with van der Waals surface area (Å²) in [5.74, 6) is 1.73. The summed E-state index contributed by atoms with van der Waals surface area (Å²) in [5, 5.41) is 3.89. The van der Waals surface area contributed by atoms with Crippen LogP contribution < -0.4 is 14.8 Å². The van der Waals surface area contributed by atoms with Crippen LogP contribution in [0.4, 0.5) is 0 Å². The number of hydrogen-bond donors (Lipinski definition) is 1. The van der Waals surface area contributed by atoms with Gasteiger partial charge in [-0.1, -0.05) is 29.8 Å². The molecule has 0 spiro atoms. The fourth-order valence-corrected chi connectivity index (χ4v) is 3.71. The SMILES string of the molecule is COc1ccc(OC[C@H](C)NC(=O)C2CCN(Cc3ccccc3Cl)CC2)cc1. The van der Waals surface area contributed by atoms with E-state index in [1.807, 2.05) is 49.4 Å². The van der Waals surface area contributed by atoms with E-state index in [2.05, 4.69) is 16.3 Å². The summed E-state index contributed by atoms with van der Waals surface area (Å²) < 4.78 is 10.9. The zero-order valence-electron chi connectivity index (χ0n) is 17.1. The summed E-state index contributed by atoms with van der Waals surface area (Å²) >= 11 is 6.26. The van der Waals surface area contributed by atoms with Crippen LogP contribution in [0.1, 0.15) is 25.3 Å². The van der Waals surface area contributed by atoms with Crippen molar-refractivity contribution in [2.75, 3.05) is 26.8 Å². The summed E-state index contributed by atoms with van der Waals surface area (Å²) in [7, 11) is 1.63. The molecular weight excluding hydrogens is 388 g/mol. The average molecular weight is 417 g/mol. The van der Waals surface area contributed by atoms with E-state index in [0.29, 0.717) is 6.61 Å². The van der Waals surface area contributed by atoms with Gasteiger partial charge in [-0.3, -0.25) is 9.69 Å². The van der Waals surface area contributed by atoms with Gasteiger partial charge in [0.15, 0.2) is 0 Å². The van der Waals surface area contributed by atoms with Crippen molar-refractivity contribution in [3.05, 3.63) is 59.1 Å². The standard InChI is InChI=1S/C23H29ClN2O3/c1-17(16-29-21-9-7-20(28-2)8-10-21)25-23(27)18-11-13-26(14-12-18)15-19-5-3-4-6-22(19)24/h3-10,17-18H,11-16H2,1-2H3,(H,25,27)/t17-/m0/s1. The third-order valence-corrected chi connectivity index (χ3v) is 5.63. The van der Waals surface area contributed by atoms with Crippen LogP contribution in [0.15, 0.2) is 48.5 Å². The second kappa shape index (κ2) is 10.5. The molecule has 6 heteroatoms. The molecule has 1 N–H and O–H groups in total. The van der Waals surface area contributed by atoms with Crippen molar-refractivity contribution in [3.8, 4) is 11.5 Å². The van der Waals surface area contributed by atoms with Crippen molar-refractivity contribution in [1.82, 2.24) is 10.2 Å². The Kier molecular flexibility index (Phi) is 7.78. The lowest BCUT2D eigenvalue weighted by Crippen LogP contribution is -2.44. The Bertz CT molecular complexity index is 789. The van der Waals surface area contributed by atoms with Crippen molar-refractivity contribution in [2.45, 2.75) is 32.4 Å². The normalized spacial score (nSPS) is 16.2. The van der Waals surface area contributed by atoms with Crippen molar-refractivity contribution in [2.24, 2.45) is 5.92 Å². The fourth-order valence-electron chi connectivity index (χ4n) is 3.52. The molecule has 1 aliphatic heterocycles. The zero-order valence-corrected chi connectivity index (χ0v) is 17.8. The fraction of sp³-hybridized carbons (Fsp3) is 0.435. The molecule has 0 aliphatic carbocycles. The molecule has 1 aliphatic rings. The van der Waals surface area contributed by atoms with Gasteiger partial charge >= 0.3 is 0 Å². The maximum atomic E-state index is 12.6. The number of carbonyl (C=O) groups is 1. The van der Waals surface area contributed by atoms with E-state index in [1.54, 1.807) is 7.11 Å². The van der Waals surface area contributed by atoms with E-state index >= 15 is 0 Å². The van der Waals surface area contributed by atoms with Crippen molar-refractivity contribution in [3.63, 3.8) is 0 Å². The Morgan fingerprint density at radius 3 is 2.45 bits per heavy atom. The van der Waals surface area contributed by atoms with Crippen molar-refractivity contribution in [1.29, 1.82) is 0 Å². The molecule has 1 atom stereocenters. The minimum atomic E-state index is -0.0502. The summed E-state index contributed by atoms with van der Waals surface area (Å²) in [6.07, 6.45) is 1.73. The maximum Gasteiger partial charge on any atom is 0.223 e. The Morgan fingerprint density at radius 2 is 1.79 bits per heavy atom. The molecule has 1 amide bonds. The van der Waals surface area contributed by atoms with E-state index < -0.39 is 0 Å². The van der Waals surface area contributed by atoms with Crippen LogP contribution in [-0.2, 0) is 11.3 Å². The highest BCUT2D eigenvalue weighted by molar-refractivity contribution is 6.31. The third kappa shape index (κ3) is 6.38. The van der Waals surface area contributed by atoms with E-state index in [4.69, 9.17) is 21.1 Å². The number of hydrogen-bond acceptors (Lipinski definition) is 4. The summed E-state index contributed by atoms with van der Waals surface area (Å²) in [6.45, 7) is 5.04. The molecule has 5 nitrogen and oxygen atoms in total. The smallest absolute Gasteiger partial charge is 0.223 e. The molecule has 1 heterocycles. The van der Waals surface area contributed by atoms with Crippen LogP contribution >= 0.6 is 11.6 Å². The molecule has 156 valence electrons. The zero-order chi connectivity index (χ0) is 20.6. The van der Waals surface area contributed by atoms with Gasteiger partial charge < -0.3 is 14.8 Å². The predicted molar refractivity (Wildman–Crippen MR) is 116 cm³/mol. The molecule has 2 aromatic carbocycles. The number of methoxy groups -OCH3 is 1. The molecule has 0 bridgehead atoms. The lowest BCUT2D eigenvalue weighted by molar-refractivity contribution is -0.127. The number of halogens is 1. The van der Waals surface area contributed by atoms with E-state index in [9.17, 15) is 4.79 Å². The van der Waals surface area contributed by atoms with E-state index in [1.165, 1.54) is 0 Å². The molecule has 1 fully saturated rings. The van der Waals surface area contributed by atoms with Gasteiger partial charge in [-0.15, -0.1) is 0 Å². The minimum absolute atomic E-state index is 0.0502. The van der Waals surface area contributed by atoms with Gasteiger partial charge in [-0.25, -0.2) is 0 Å². The minimum Gasteiger partial charge on any atom is -0.497 e. The van der Waals surface area contributed by atoms with Gasteiger partial charge in [0.2, 0.25) is 5.91 Å². The number of nitrogens with zero attached hydrogens (tertiary/aromatic N) is 1. The monoisotopic (exact) mass is 416 g/mol. The van der Waals surface area contributed by atoms with Crippen molar-refractivity contribution >= 4 is 17.5 Å². The molecule has 0 saturated carbocycles. The highest BCUT2D eigenvalue weighted by Gasteiger charge is 2.26. The number of likely N-dealkylation sites (tertiary alicyclic amines) is 1. The predicted octanol–water partition coefficient (Wildman–Crippen LogP) is 4.14. The van der Waals surface area contributed by atoms with Gasteiger partial charge in [0.25, 0.3) is 0 Å². The maximum absolute atomic E-state index is 12.6. The Balaban J connectivity index is 1.39. The quantitative estimate of drug-likeness (QED) is 0.702. The van der Waals surface area contributed by atoms with E-state index in [0.717, 1.165) is 54.6 Å². The second-order valence-corrected chi connectivity index (χ2v) is 7.95. The van der Waals surface area contributed by atoms with Gasteiger partial charge in [0.1, 0.15) is 18.1 Å². The highest BCUT2D eigenvalue weighted by atomic mass is 35.5. The van der Waals surface area contributed by atoms with Crippen LogP contribution in [0.3, 0.4) is 0 Å². The molecule has 3 rings (SSSR count). The summed E-state index contributed by atoms with van der Waals surface area (Å²) in [6, 6.07) is 15.3. The molecule has 29 heavy (non-hydrogen) atoms. The van der Waals surface area contributed by atoms with Gasteiger partial charge in [0, 0.05) is 17.5 Å². The number of carbonyl (C=O) groups excluding carboxylic acids is 1. The van der Waals surface area contributed by atoms with Crippen LogP contribution in [-0.4, -0.2) is 43.7 Å². The molecule has 0 unspecified atom stereocenters. The Labute approximate surface area is 177 Å². The molecule has 1 saturated heterocycles. The second-order valence-electron chi connectivity index (χ2n) is 7.54. The number of nitrogens with one attached hydrogen (secondary N) is 1. The number of benzene rings is 2. The van der Waals surface area contributed by atoms with Gasteiger partial charge in [-0.2, -0.15) is 0 Å². The van der Waals surface area contributed by atoms with E-state index in [-0.39, 0.29) is 17.9 Å². The lowest BCUT2D eigenvalue weighted by atomic mass is 9.95. The van der Waals surface area contributed by atoms with Crippen LogP contribution in [0.5, 0.6) is 11.5 Å². The van der Waals surface area contributed by atoms with Gasteiger partial charge in [-0.05, 0) is 68.8 Å². The molecule has 0 radical (unpaired) electrons. The van der Waals surface area contributed by atoms with Crippen LogP contribution in [0.2, 0.25) is 5.02 Å². The topological polar surface area (TPSA) is 50.8 Å². The van der Waals surface area contributed by atoms with Gasteiger partial charge in [0.05, 0.1) is 13.2 Å². The summed E-state index contributed by atoms with van der Waals surface area (Å²) in [5.41, 5.74) is 1.14. The highest BCUT2D eigenvalue weighted by Crippen LogP contribution is 2.22. The Hall–Kier alpha value is -2.24. The average Bonchev–Trinajstić information content (AvgIpc) is 2.75. The Morgan fingerprint density at radius 1 is 1.14 bits per heavy atom. The first-order valence-corrected chi connectivity index (χ1v) is 10.5. The van der Waals surface area contributed by atoms with Crippen molar-refractivity contribution < 1.29 is 14.3 Å². The first-order valence-electron chi connectivity index (χ1n) is 10.1. The number of rotatable bonds is 8. The van der Waals surface area contributed by atoms with Crippen LogP contribution in [0.25, 0.3) is 0 Å². The number of amides is 1. The molecular formula is C23H29ClN2O3. The first-order chi connectivity index (χ1) is 14.0. The summed E-state index contributed by atoms with van der Waals surface area (Å²) in [4.78, 5) is 15.0. The first kappa shape index (κ1) is 21.5. The molecule has 2 aromatic rings. The molecule has 0 aromatic heterocycles.